The molecule has 0 spiro atoms. The van der Waals surface area contributed by atoms with Gasteiger partial charge in [-0.2, -0.15) is 0 Å². The van der Waals surface area contributed by atoms with Crippen LogP contribution in [0.25, 0.3) is 0 Å². The van der Waals surface area contributed by atoms with E-state index in [0.29, 0.717) is 11.3 Å². The maximum atomic E-state index is 12.1. The third-order valence-electron chi connectivity index (χ3n) is 2.45. The van der Waals surface area contributed by atoms with E-state index in [-0.39, 0.29) is 16.7 Å². The van der Waals surface area contributed by atoms with E-state index in [0.717, 1.165) is 10.0 Å². The number of carbonyl (C=O) groups excluding carboxylic acids is 1. The van der Waals surface area contributed by atoms with Gasteiger partial charge in [-0.15, -0.1) is 0 Å². The largest absolute Gasteiger partial charge is 0.397 e. The molecule has 0 aliphatic carbocycles. The fourth-order valence-electron chi connectivity index (χ4n) is 1.64. The number of carbonyl (C=O) groups is 1. The van der Waals surface area contributed by atoms with Crippen LogP contribution in [0.2, 0.25) is 5.15 Å². The van der Waals surface area contributed by atoms with Gasteiger partial charge in [-0.1, -0.05) is 27.5 Å². The lowest BCUT2D eigenvalue weighted by atomic mass is 10.2. The summed E-state index contributed by atoms with van der Waals surface area (Å²) in [6.45, 7) is 1.94. The molecular weight excluding hydrogens is 330 g/mol. The minimum atomic E-state index is -0.320. The second kappa shape index (κ2) is 5.59. The first-order chi connectivity index (χ1) is 8.95. The van der Waals surface area contributed by atoms with Crippen molar-refractivity contribution in [2.45, 2.75) is 6.92 Å². The number of hydrogen-bond donors (Lipinski definition) is 2. The lowest BCUT2D eigenvalue weighted by Gasteiger charge is -2.09. The van der Waals surface area contributed by atoms with Gasteiger partial charge in [0.1, 0.15) is 5.15 Å². The van der Waals surface area contributed by atoms with Gasteiger partial charge in [-0.05, 0) is 36.8 Å². The third kappa shape index (κ3) is 3.45. The van der Waals surface area contributed by atoms with Crippen molar-refractivity contribution in [3.8, 4) is 0 Å². The summed E-state index contributed by atoms with van der Waals surface area (Å²) < 4.78 is 0.892. The molecule has 1 amide bonds. The Morgan fingerprint density at radius 1 is 1.37 bits per heavy atom. The highest BCUT2D eigenvalue weighted by atomic mass is 79.9. The Kier molecular flexibility index (Phi) is 4.07. The van der Waals surface area contributed by atoms with Crippen molar-refractivity contribution in [3.05, 3.63) is 51.2 Å². The molecule has 6 heteroatoms. The number of benzene rings is 1. The molecule has 1 heterocycles. The zero-order chi connectivity index (χ0) is 14.0. The van der Waals surface area contributed by atoms with Gasteiger partial charge in [0.15, 0.2) is 0 Å². The zero-order valence-corrected chi connectivity index (χ0v) is 12.4. The topological polar surface area (TPSA) is 68.0 Å². The SMILES string of the molecule is Cc1cc(Br)cc(NC(=O)c2cc(Cl)ncc2N)c1. The highest BCUT2D eigenvalue weighted by Gasteiger charge is 2.11. The van der Waals surface area contributed by atoms with Gasteiger partial charge in [-0.25, -0.2) is 4.98 Å². The summed E-state index contributed by atoms with van der Waals surface area (Å²) in [4.78, 5) is 15.9. The average molecular weight is 341 g/mol. The van der Waals surface area contributed by atoms with E-state index in [2.05, 4.69) is 26.2 Å². The number of halogens is 2. The fraction of sp³-hybridized carbons (Fsp3) is 0.0769. The van der Waals surface area contributed by atoms with Crippen LogP contribution in [-0.4, -0.2) is 10.9 Å². The highest BCUT2D eigenvalue weighted by molar-refractivity contribution is 9.10. The second-order valence-corrected chi connectivity index (χ2v) is 5.37. The van der Waals surface area contributed by atoms with Crippen LogP contribution in [-0.2, 0) is 0 Å². The van der Waals surface area contributed by atoms with Gasteiger partial charge in [-0.3, -0.25) is 4.79 Å². The number of nitrogens with zero attached hydrogens (tertiary/aromatic N) is 1. The van der Waals surface area contributed by atoms with E-state index in [1.807, 2.05) is 25.1 Å². The first kappa shape index (κ1) is 13.8. The molecule has 0 bridgehead atoms. The predicted octanol–water partition coefficient (Wildman–Crippen LogP) is 3.64. The number of hydrogen-bond acceptors (Lipinski definition) is 3. The fourth-order valence-corrected chi connectivity index (χ4v) is 2.41. The summed E-state index contributed by atoms with van der Waals surface area (Å²) in [5.74, 6) is -0.320. The van der Waals surface area contributed by atoms with Crippen LogP contribution in [0.3, 0.4) is 0 Å². The van der Waals surface area contributed by atoms with Crippen molar-refractivity contribution in [3.63, 3.8) is 0 Å². The van der Waals surface area contributed by atoms with Crippen LogP contribution in [0.1, 0.15) is 15.9 Å². The summed E-state index contributed by atoms with van der Waals surface area (Å²) in [5.41, 5.74) is 8.02. The number of rotatable bonds is 2. The maximum absolute atomic E-state index is 12.1. The van der Waals surface area contributed by atoms with Crippen molar-refractivity contribution < 1.29 is 4.79 Å². The summed E-state index contributed by atoms with van der Waals surface area (Å²) in [7, 11) is 0. The molecule has 0 saturated carbocycles. The molecule has 1 aromatic carbocycles. The van der Waals surface area contributed by atoms with Crippen LogP contribution in [0.15, 0.2) is 34.9 Å². The van der Waals surface area contributed by atoms with Gasteiger partial charge in [0.05, 0.1) is 17.4 Å². The standard InChI is InChI=1S/C13H11BrClN3O/c1-7-2-8(14)4-9(3-7)18-13(19)10-5-12(15)17-6-11(10)16/h2-6H,16H2,1H3,(H,18,19). The molecular formula is C13H11BrClN3O. The van der Waals surface area contributed by atoms with Crippen LogP contribution in [0, 0.1) is 6.92 Å². The molecule has 0 fully saturated rings. The molecule has 2 aromatic rings. The number of aryl methyl sites for hydroxylation is 1. The summed E-state index contributed by atoms with van der Waals surface area (Å²) in [5, 5.41) is 3.00. The molecule has 4 nitrogen and oxygen atoms in total. The molecule has 1 aromatic heterocycles. The third-order valence-corrected chi connectivity index (χ3v) is 3.11. The van der Waals surface area contributed by atoms with Crippen LogP contribution in [0.4, 0.5) is 11.4 Å². The Morgan fingerprint density at radius 2 is 2.11 bits per heavy atom. The van der Waals surface area contributed by atoms with E-state index in [1.165, 1.54) is 12.3 Å². The number of pyridine rings is 1. The number of anilines is 2. The molecule has 0 aliphatic heterocycles. The van der Waals surface area contributed by atoms with Crippen molar-refractivity contribution >= 4 is 44.8 Å². The Hall–Kier alpha value is -1.59. The molecule has 0 aliphatic rings. The van der Waals surface area contributed by atoms with Crippen LogP contribution >= 0.6 is 27.5 Å². The lowest BCUT2D eigenvalue weighted by Crippen LogP contribution is -2.14. The summed E-state index contributed by atoms with van der Waals surface area (Å²) in [6, 6.07) is 7.07. The Morgan fingerprint density at radius 3 is 2.79 bits per heavy atom. The van der Waals surface area contributed by atoms with Gasteiger partial charge >= 0.3 is 0 Å². The van der Waals surface area contributed by atoms with Gasteiger partial charge in [0.25, 0.3) is 5.91 Å². The molecule has 3 N–H and O–H groups in total. The zero-order valence-electron chi connectivity index (χ0n) is 10.1. The summed E-state index contributed by atoms with van der Waals surface area (Å²) in [6.07, 6.45) is 1.36. The normalized spacial score (nSPS) is 10.3. The number of amides is 1. The molecule has 0 atom stereocenters. The number of aromatic nitrogens is 1. The Balaban J connectivity index is 2.28. The van der Waals surface area contributed by atoms with Gasteiger partial charge in [0, 0.05) is 10.2 Å². The lowest BCUT2D eigenvalue weighted by molar-refractivity contribution is 0.102. The van der Waals surface area contributed by atoms with E-state index in [1.54, 1.807) is 0 Å². The molecule has 2 rings (SSSR count). The van der Waals surface area contributed by atoms with E-state index in [4.69, 9.17) is 17.3 Å². The first-order valence-corrected chi connectivity index (χ1v) is 6.62. The molecule has 0 saturated heterocycles. The number of nitrogens with two attached hydrogens (primary N) is 1. The molecule has 0 unspecified atom stereocenters. The second-order valence-electron chi connectivity index (χ2n) is 4.07. The highest BCUT2D eigenvalue weighted by Crippen LogP contribution is 2.21. The van der Waals surface area contributed by atoms with Crippen LogP contribution < -0.4 is 11.1 Å². The molecule has 19 heavy (non-hydrogen) atoms. The number of nitrogens with one attached hydrogen (secondary N) is 1. The van der Waals surface area contributed by atoms with E-state index in [9.17, 15) is 4.79 Å². The van der Waals surface area contributed by atoms with Gasteiger partial charge < -0.3 is 11.1 Å². The molecule has 0 radical (unpaired) electrons. The molecule has 98 valence electrons. The minimum Gasteiger partial charge on any atom is -0.397 e. The Labute approximate surface area is 124 Å². The van der Waals surface area contributed by atoms with E-state index >= 15 is 0 Å². The summed E-state index contributed by atoms with van der Waals surface area (Å²) >= 11 is 9.14. The average Bonchev–Trinajstić information content (AvgIpc) is 2.30. The van der Waals surface area contributed by atoms with Crippen molar-refractivity contribution in [1.82, 2.24) is 4.98 Å². The van der Waals surface area contributed by atoms with Crippen molar-refractivity contribution in [2.24, 2.45) is 0 Å². The predicted molar refractivity (Wildman–Crippen MR) is 80.5 cm³/mol. The van der Waals surface area contributed by atoms with Crippen molar-refractivity contribution in [2.75, 3.05) is 11.1 Å². The maximum Gasteiger partial charge on any atom is 0.257 e. The first-order valence-electron chi connectivity index (χ1n) is 5.45. The monoisotopic (exact) mass is 339 g/mol. The van der Waals surface area contributed by atoms with Crippen molar-refractivity contribution in [1.29, 1.82) is 0 Å². The smallest absolute Gasteiger partial charge is 0.257 e. The van der Waals surface area contributed by atoms with E-state index < -0.39 is 0 Å². The Bertz CT molecular complexity index is 626. The van der Waals surface area contributed by atoms with Crippen LogP contribution in [0.5, 0.6) is 0 Å². The minimum absolute atomic E-state index is 0.227. The number of nitrogen functional groups attached to an aromatic ring is 1. The van der Waals surface area contributed by atoms with Gasteiger partial charge in [0.2, 0.25) is 0 Å². The quantitative estimate of drug-likeness (QED) is 0.820.